The highest BCUT2D eigenvalue weighted by Crippen LogP contribution is 2.35. The molecule has 0 aliphatic rings. The van der Waals surface area contributed by atoms with Crippen molar-refractivity contribution in [2.45, 2.75) is 6.92 Å². The second-order valence-electron chi connectivity index (χ2n) is 4.62. The predicted molar refractivity (Wildman–Crippen MR) is 80.5 cm³/mol. The normalized spacial score (nSPS) is 10.5. The van der Waals surface area contributed by atoms with E-state index in [1.54, 1.807) is 11.8 Å². The summed E-state index contributed by atoms with van der Waals surface area (Å²) in [5.74, 6) is 0. The summed E-state index contributed by atoms with van der Waals surface area (Å²) in [4.78, 5) is 22.7. The molecule has 9 heteroatoms. The number of aryl methyl sites for hydroxylation is 1. The maximum absolute atomic E-state index is 11.3. The van der Waals surface area contributed by atoms with Gasteiger partial charge in [-0.3, -0.25) is 20.2 Å². The highest BCUT2D eigenvalue weighted by Gasteiger charge is 2.26. The minimum absolute atomic E-state index is 0.293. The number of benzene rings is 1. The fraction of sp³-hybridized carbons (Fsp3) is 0.538. The summed E-state index contributed by atoms with van der Waals surface area (Å²) >= 11 is 0. The molecule has 9 nitrogen and oxygen atoms in total. The van der Waals surface area contributed by atoms with Crippen LogP contribution in [0.1, 0.15) is 5.56 Å². The minimum atomic E-state index is -0.640. The molecule has 0 unspecified atom stereocenters. The van der Waals surface area contributed by atoms with Gasteiger partial charge < -0.3 is 14.4 Å². The molecule has 0 bridgehead atoms. The van der Waals surface area contributed by atoms with Crippen molar-refractivity contribution in [1.82, 2.24) is 0 Å². The number of methoxy groups -OCH3 is 2. The highest BCUT2D eigenvalue weighted by molar-refractivity contribution is 5.71. The molecule has 0 aromatic heterocycles. The van der Waals surface area contributed by atoms with Crippen molar-refractivity contribution >= 4 is 17.1 Å². The number of rotatable bonds is 9. The first-order valence-corrected chi connectivity index (χ1v) is 6.58. The zero-order chi connectivity index (χ0) is 16.7. The third kappa shape index (κ3) is 4.37. The van der Waals surface area contributed by atoms with E-state index >= 15 is 0 Å². The van der Waals surface area contributed by atoms with Crippen molar-refractivity contribution in [3.63, 3.8) is 0 Å². The Morgan fingerprint density at radius 3 is 2.00 bits per heavy atom. The van der Waals surface area contributed by atoms with Gasteiger partial charge in [0.1, 0.15) is 5.69 Å². The summed E-state index contributed by atoms with van der Waals surface area (Å²) in [7, 11) is 3.07. The van der Waals surface area contributed by atoms with Gasteiger partial charge in [-0.15, -0.1) is 0 Å². The molecule has 0 saturated carbocycles. The molecule has 0 N–H and O–H groups in total. The molecule has 1 aromatic rings. The third-order valence-corrected chi connectivity index (χ3v) is 3.12. The summed E-state index contributed by atoms with van der Waals surface area (Å²) in [5, 5.41) is 22.2. The van der Waals surface area contributed by atoms with Gasteiger partial charge in [0.05, 0.1) is 29.1 Å². The van der Waals surface area contributed by atoms with Crippen molar-refractivity contribution in [2.75, 3.05) is 45.4 Å². The van der Waals surface area contributed by atoms with Gasteiger partial charge in [-0.2, -0.15) is 0 Å². The first-order chi connectivity index (χ1) is 10.4. The summed E-state index contributed by atoms with van der Waals surface area (Å²) < 4.78 is 10.0. The second-order valence-corrected chi connectivity index (χ2v) is 4.62. The summed E-state index contributed by atoms with van der Waals surface area (Å²) in [6, 6.07) is 2.31. The molecule has 1 aromatic carbocycles. The van der Waals surface area contributed by atoms with Crippen molar-refractivity contribution in [3.8, 4) is 0 Å². The molecule has 0 aliphatic heterocycles. The van der Waals surface area contributed by atoms with Crippen molar-refractivity contribution in [2.24, 2.45) is 0 Å². The van der Waals surface area contributed by atoms with Crippen LogP contribution in [0.5, 0.6) is 0 Å². The lowest BCUT2D eigenvalue weighted by Gasteiger charge is -2.25. The maximum Gasteiger partial charge on any atom is 0.299 e. The van der Waals surface area contributed by atoms with Gasteiger partial charge in [0.2, 0.25) is 0 Å². The fourth-order valence-corrected chi connectivity index (χ4v) is 2.14. The zero-order valence-electron chi connectivity index (χ0n) is 12.8. The molecule has 0 fully saturated rings. The lowest BCUT2D eigenvalue weighted by Crippen LogP contribution is -2.31. The Kier molecular flexibility index (Phi) is 6.67. The molecule has 1 rings (SSSR count). The van der Waals surface area contributed by atoms with E-state index in [4.69, 9.17) is 9.47 Å². The van der Waals surface area contributed by atoms with E-state index in [2.05, 4.69) is 0 Å². The lowest BCUT2D eigenvalue weighted by molar-refractivity contribution is -0.393. The quantitative estimate of drug-likeness (QED) is 0.506. The molecule has 0 spiro atoms. The van der Waals surface area contributed by atoms with Crippen molar-refractivity contribution in [3.05, 3.63) is 37.9 Å². The Morgan fingerprint density at radius 1 is 1.05 bits per heavy atom. The smallest absolute Gasteiger partial charge is 0.299 e. The number of nitro groups is 2. The Hall–Kier alpha value is -2.26. The highest BCUT2D eigenvalue weighted by atomic mass is 16.6. The Bertz CT molecular complexity index is 541. The van der Waals surface area contributed by atoms with Crippen molar-refractivity contribution < 1.29 is 19.3 Å². The van der Waals surface area contributed by atoms with Crippen LogP contribution in [-0.2, 0) is 9.47 Å². The van der Waals surface area contributed by atoms with E-state index in [0.29, 0.717) is 37.6 Å². The molecule has 0 radical (unpaired) electrons. The topological polar surface area (TPSA) is 108 Å². The predicted octanol–water partition coefficient (Wildman–Crippen LogP) is 1.91. The monoisotopic (exact) mass is 313 g/mol. The van der Waals surface area contributed by atoms with E-state index in [-0.39, 0.29) is 11.4 Å². The van der Waals surface area contributed by atoms with Crippen LogP contribution in [0.15, 0.2) is 12.1 Å². The first-order valence-electron chi connectivity index (χ1n) is 6.58. The van der Waals surface area contributed by atoms with E-state index in [1.165, 1.54) is 20.3 Å². The molecule has 0 atom stereocenters. The van der Waals surface area contributed by atoms with Crippen LogP contribution in [-0.4, -0.2) is 50.4 Å². The minimum Gasteiger partial charge on any atom is -0.383 e. The number of anilines is 1. The summed E-state index contributed by atoms with van der Waals surface area (Å²) in [6.45, 7) is 3.19. The molecular formula is C13H19N3O6. The van der Waals surface area contributed by atoms with Crippen LogP contribution < -0.4 is 4.90 Å². The van der Waals surface area contributed by atoms with Crippen molar-refractivity contribution in [1.29, 1.82) is 0 Å². The zero-order valence-corrected chi connectivity index (χ0v) is 12.8. The Labute approximate surface area is 127 Å². The van der Waals surface area contributed by atoms with Crippen LogP contribution in [0.4, 0.5) is 17.1 Å². The van der Waals surface area contributed by atoms with Gasteiger partial charge in [0.25, 0.3) is 11.4 Å². The number of nitro benzene ring substituents is 2. The van der Waals surface area contributed by atoms with Gasteiger partial charge in [-0.1, -0.05) is 0 Å². The fourth-order valence-electron chi connectivity index (χ4n) is 2.14. The van der Waals surface area contributed by atoms with Gasteiger partial charge in [0.15, 0.2) is 0 Å². The lowest BCUT2D eigenvalue weighted by atomic mass is 10.1. The van der Waals surface area contributed by atoms with Crippen LogP contribution >= 0.6 is 0 Å². The largest absolute Gasteiger partial charge is 0.383 e. The van der Waals surface area contributed by atoms with E-state index in [1.807, 2.05) is 0 Å². The number of non-ortho nitro benzene ring substituents is 1. The van der Waals surface area contributed by atoms with Crippen LogP contribution in [0.2, 0.25) is 0 Å². The standard InChI is InChI=1S/C13H19N3O6/c1-10-8-11(15(17)18)9-12(16(19)20)13(10)14(4-6-21-2)5-7-22-3/h8-9H,4-7H2,1-3H3. The van der Waals surface area contributed by atoms with E-state index in [9.17, 15) is 20.2 Å². The number of hydrogen-bond donors (Lipinski definition) is 0. The third-order valence-electron chi connectivity index (χ3n) is 3.12. The number of nitrogens with zero attached hydrogens (tertiary/aromatic N) is 3. The number of hydrogen-bond acceptors (Lipinski definition) is 7. The molecule has 0 amide bonds. The van der Waals surface area contributed by atoms with Crippen LogP contribution in [0, 0.1) is 27.2 Å². The average molecular weight is 313 g/mol. The van der Waals surface area contributed by atoms with Crippen LogP contribution in [0.25, 0.3) is 0 Å². The van der Waals surface area contributed by atoms with E-state index < -0.39 is 9.85 Å². The summed E-state index contributed by atoms with van der Waals surface area (Å²) in [6.07, 6.45) is 0. The maximum atomic E-state index is 11.3. The van der Waals surface area contributed by atoms with Gasteiger partial charge in [-0.25, -0.2) is 0 Å². The summed E-state index contributed by atoms with van der Waals surface area (Å²) in [5.41, 5.74) is 0.225. The average Bonchev–Trinajstić information content (AvgIpc) is 2.47. The van der Waals surface area contributed by atoms with Gasteiger partial charge in [-0.05, 0) is 12.5 Å². The van der Waals surface area contributed by atoms with Crippen LogP contribution in [0.3, 0.4) is 0 Å². The second kappa shape index (κ2) is 8.25. The van der Waals surface area contributed by atoms with Gasteiger partial charge in [0, 0.05) is 33.4 Å². The van der Waals surface area contributed by atoms with Gasteiger partial charge >= 0.3 is 0 Å². The number of ether oxygens (including phenoxy) is 2. The molecule has 22 heavy (non-hydrogen) atoms. The molecular weight excluding hydrogens is 294 g/mol. The first kappa shape index (κ1) is 17.8. The Morgan fingerprint density at radius 2 is 1.59 bits per heavy atom. The molecule has 122 valence electrons. The SMILES string of the molecule is COCCN(CCOC)c1c(C)cc([N+](=O)[O-])cc1[N+](=O)[O-]. The molecule has 0 heterocycles. The van der Waals surface area contributed by atoms with E-state index in [0.717, 1.165) is 6.07 Å². The Balaban J connectivity index is 3.32. The molecule has 0 saturated heterocycles. The molecule has 0 aliphatic carbocycles.